The van der Waals surface area contributed by atoms with Gasteiger partial charge in [0.05, 0.1) is 5.92 Å². The lowest BCUT2D eigenvalue weighted by molar-refractivity contribution is -0.161. The first kappa shape index (κ1) is 15.5. The van der Waals surface area contributed by atoms with E-state index in [0.29, 0.717) is 5.92 Å². The normalized spacial score (nSPS) is 26.1. The highest BCUT2D eigenvalue weighted by Crippen LogP contribution is 2.44. The zero-order valence-electron chi connectivity index (χ0n) is 13.9. The molecule has 1 aliphatic carbocycles. The molecular formula is C19H27NO2. The van der Waals surface area contributed by atoms with Gasteiger partial charge in [-0.2, -0.15) is 0 Å². The van der Waals surface area contributed by atoms with Crippen LogP contribution < -0.4 is 0 Å². The van der Waals surface area contributed by atoms with Crippen LogP contribution in [0.1, 0.15) is 39.2 Å². The predicted octanol–water partition coefficient (Wildman–Crippen LogP) is 3.49. The Morgan fingerprint density at radius 1 is 1.18 bits per heavy atom. The molecule has 2 aliphatic rings. The molecule has 1 heterocycles. The second-order valence-corrected chi connectivity index (χ2v) is 7.82. The number of nitrogens with zero attached hydrogens (tertiary/aromatic N) is 1. The van der Waals surface area contributed by atoms with Crippen molar-refractivity contribution < 1.29 is 9.53 Å². The Morgan fingerprint density at radius 3 is 2.45 bits per heavy atom. The third-order valence-electron chi connectivity index (χ3n) is 4.63. The van der Waals surface area contributed by atoms with Gasteiger partial charge in [0.25, 0.3) is 0 Å². The summed E-state index contributed by atoms with van der Waals surface area (Å²) in [5.41, 5.74) is 0.930. The second kappa shape index (κ2) is 6.04. The zero-order chi connectivity index (χ0) is 15.7. The summed E-state index contributed by atoms with van der Waals surface area (Å²) in [5.74, 6) is 1.27. The Labute approximate surface area is 133 Å². The number of esters is 1. The van der Waals surface area contributed by atoms with Crippen LogP contribution in [0.15, 0.2) is 30.3 Å². The fourth-order valence-corrected chi connectivity index (χ4v) is 3.51. The maximum absolute atomic E-state index is 12.6. The summed E-state index contributed by atoms with van der Waals surface area (Å²) in [6.45, 7) is 8.66. The quantitative estimate of drug-likeness (QED) is 0.797. The smallest absolute Gasteiger partial charge is 0.311 e. The van der Waals surface area contributed by atoms with Crippen molar-refractivity contribution >= 4 is 5.97 Å². The van der Waals surface area contributed by atoms with Gasteiger partial charge in [0.1, 0.15) is 5.60 Å². The maximum atomic E-state index is 12.6. The Hall–Kier alpha value is -1.35. The first-order chi connectivity index (χ1) is 10.4. The summed E-state index contributed by atoms with van der Waals surface area (Å²) in [6.07, 6.45) is 2.56. The topological polar surface area (TPSA) is 29.5 Å². The third-order valence-corrected chi connectivity index (χ3v) is 4.63. The number of carbonyl (C=O) groups excluding carboxylic acids is 1. The molecule has 1 saturated carbocycles. The Kier molecular flexibility index (Phi) is 4.26. The Bertz CT molecular complexity index is 516. The molecule has 3 rings (SSSR count). The molecule has 0 bridgehead atoms. The number of benzene rings is 1. The summed E-state index contributed by atoms with van der Waals surface area (Å²) in [4.78, 5) is 15.0. The van der Waals surface area contributed by atoms with Gasteiger partial charge in [0, 0.05) is 19.6 Å². The highest BCUT2D eigenvalue weighted by Gasteiger charge is 2.46. The number of carbonyl (C=O) groups is 1. The lowest BCUT2D eigenvalue weighted by atomic mass is 9.91. The lowest BCUT2D eigenvalue weighted by Gasteiger charge is -2.24. The van der Waals surface area contributed by atoms with Crippen LogP contribution >= 0.6 is 0 Å². The van der Waals surface area contributed by atoms with Crippen LogP contribution in [0, 0.1) is 17.8 Å². The van der Waals surface area contributed by atoms with Crippen LogP contribution in [0.5, 0.6) is 0 Å². The van der Waals surface area contributed by atoms with Crippen LogP contribution in [0.2, 0.25) is 0 Å². The highest BCUT2D eigenvalue weighted by molar-refractivity contribution is 5.74. The molecular weight excluding hydrogens is 274 g/mol. The summed E-state index contributed by atoms with van der Waals surface area (Å²) < 4.78 is 5.66. The van der Waals surface area contributed by atoms with Gasteiger partial charge in [-0.05, 0) is 51.0 Å². The molecule has 1 aliphatic heterocycles. The molecule has 1 aromatic rings. The minimum absolute atomic E-state index is 0.0000355. The molecule has 2 unspecified atom stereocenters. The number of likely N-dealkylation sites (tertiary alicyclic amines) is 1. The van der Waals surface area contributed by atoms with E-state index in [1.807, 2.05) is 26.8 Å². The van der Waals surface area contributed by atoms with Crippen molar-refractivity contribution in [2.45, 2.75) is 45.8 Å². The minimum Gasteiger partial charge on any atom is -0.460 e. The minimum atomic E-state index is -0.391. The lowest BCUT2D eigenvalue weighted by Crippen LogP contribution is -2.33. The van der Waals surface area contributed by atoms with Crippen molar-refractivity contribution in [3.05, 3.63) is 35.9 Å². The number of hydrogen-bond acceptors (Lipinski definition) is 3. The van der Waals surface area contributed by atoms with E-state index in [2.05, 4.69) is 29.2 Å². The first-order valence-corrected chi connectivity index (χ1v) is 8.41. The number of hydrogen-bond donors (Lipinski definition) is 0. The summed E-state index contributed by atoms with van der Waals surface area (Å²) in [7, 11) is 0. The zero-order valence-corrected chi connectivity index (χ0v) is 13.9. The molecule has 2 fully saturated rings. The van der Waals surface area contributed by atoms with Crippen LogP contribution in [0.25, 0.3) is 0 Å². The van der Waals surface area contributed by atoms with E-state index in [1.165, 1.54) is 18.4 Å². The fraction of sp³-hybridized carbons (Fsp3) is 0.632. The average molecular weight is 301 g/mol. The molecule has 0 spiro atoms. The maximum Gasteiger partial charge on any atom is 0.311 e. The molecule has 1 saturated heterocycles. The van der Waals surface area contributed by atoms with E-state index in [9.17, 15) is 4.79 Å². The van der Waals surface area contributed by atoms with E-state index in [0.717, 1.165) is 25.6 Å². The van der Waals surface area contributed by atoms with E-state index in [1.54, 1.807) is 0 Å². The standard InChI is InChI=1S/C19H27NO2/c1-19(2,3)22-18(21)17-13-20(12-16(17)15-9-10-15)11-14-7-5-4-6-8-14/h4-8,15-17H,9-13H2,1-3H3. The largest absolute Gasteiger partial charge is 0.460 e. The molecule has 22 heavy (non-hydrogen) atoms. The summed E-state index contributed by atoms with van der Waals surface area (Å²) in [6, 6.07) is 10.5. The molecule has 0 N–H and O–H groups in total. The van der Waals surface area contributed by atoms with Crippen LogP contribution in [0.3, 0.4) is 0 Å². The molecule has 0 radical (unpaired) electrons. The van der Waals surface area contributed by atoms with E-state index < -0.39 is 5.60 Å². The predicted molar refractivity (Wildman–Crippen MR) is 87.3 cm³/mol. The van der Waals surface area contributed by atoms with Crippen molar-refractivity contribution in [1.82, 2.24) is 4.90 Å². The van der Waals surface area contributed by atoms with Crippen molar-refractivity contribution in [2.75, 3.05) is 13.1 Å². The van der Waals surface area contributed by atoms with Gasteiger partial charge < -0.3 is 4.74 Å². The summed E-state index contributed by atoms with van der Waals surface area (Å²) >= 11 is 0. The van der Waals surface area contributed by atoms with E-state index in [4.69, 9.17) is 4.74 Å². The Balaban J connectivity index is 1.66. The third kappa shape index (κ3) is 3.89. The van der Waals surface area contributed by atoms with Gasteiger partial charge in [0.15, 0.2) is 0 Å². The molecule has 120 valence electrons. The summed E-state index contributed by atoms with van der Waals surface area (Å²) in [5, 5.41) is 0. The van der Waals surface area contributed by atoms with Crippen LogP contribution in [0.4, 0.5) is 0 Å². The first-order valence-electron chi connectivity index (χ1n) is 8.41. The van der Waals surface area contributed by atoms with Crippen molar-refractivity contribution in [3.63, 3.8) is 0 Å². The van der Waals surface area contributed by atoms with Gasteiger partial charge in [0.2, 0.25) is 0 Å². The van der Waals surface area contributed by atoms with Gasteiger partial charge in [-0.25, -0.2) is 0 Å². The van der Waals surface area contributed by atoms with Gasteiger partial charge in [-0.3, -0.25) is 9.69 Å². The van der Waals surface area contributed by atoms with Crippen molar-refractivity contribution in [2.24, 2.45) is 17.8 Å². The molecule has 0 aromatic heterocycles. The second-order valence-electron chi connectivity index (χ2n) is 7.82. The average Bonchev–Trinajstić information content (AvgIpc) is 3.19. The van der Waals surface area contributed by atoms with Crippen LogP contribution in [-0.4, -0.2) is 29.6 Å². The highest BCUT2D eigenvalue weighted by atomic mass is 16.6. The number of rotatable bonds is 4. The van der Waals surface area contributed by atoms with E-state index in [-0.39, 0.29) is 11.9 Å². The van der Waals surface area contributed by atoms with E-state index >= 15 is 0 Å². The molecule has 1 aromatic carbocycles. The van der Waals surface area contributed by atoms with Crippen LogP contribution in [-0.2, 0) is 16.1 Å². The molecule has 3 heteroatoms. The fourth-order valence-electron chi connectivity index (χ4n) is 3.51. The molecule has 3 nitrogen and oxygen atoms in total. The van der Waals surface area contributed by atoms with Gasteiger partial charge in [-0.15, -0.1) is 0 Å². The monoisotopic (exact) mass is 301 g/mol. The Morgan fingerprint density at radius 2 is 1.86 bits per heavy atom. The molecule has 0 amide bonds. The van der Waals surface area contributed by atoms with Crippen molar-refractivity contribution in [3.8, 4) is 0 Å². The molecule has 2 atom stereocenters. The van der Waals surface area contributed by atoms with Crippen molar-refractivity contribution in [1.29, 1.82) is 0 Å². The number of ether oxygens (including phenoxy) is 1. The SMILES string of the molecule is CC(C)(C)OC(=O)C1CN(Cc2ccccc2)CC1C1CC1. The van der Waals surface area contributed by atoms with Gasteiger partial charge >= 0.3 is 5.97 Å². The van der Waals surface area contributed by atoms with Gasteiger partial charge in [-0.1, -0.05) is 30.3 Å².